The normalized spacial score (nSPS) is 10.6. The zero-order chi connectivity index (χ0) is 14.5. The van der Waals surface area contributed by atoms with Gasteiger partial charge in [-0.15, -0.1) is 0 Å². The van der Waals surface area contributed by atoms with Gasteiger partial charge in [0, 0.05) is 18.7 Å². The van der Waals surface area contributed by atoms with E-state index in [0.717, 1.165) is 12.1 Å². The summed E-state index contributed by atoms with van der Waals surface area (Å²) in [6.45, 7) is 2.54. The van der Waals surface area contributed by atoms with Gasteiger partial charge in [-0.25, -0.2) is 13.8 Å². The van der Waals surface area contributed by atoms with Gasteiger partial charge in [-0.1, -0.05) is 0 Å². The quantitative estimate of drug-likeness (QED) is 0.912. The van der Waals surface area contributed by atoms with Gasteiger partial charge in [0.25, 0.3) is 0 Å². The van der Waals surface area contributed by atoms with Gasteiger partial charge >= 0.3 is 0 Å². The van der Waals surface area contributed by atoms with E-state index in [-0.39, 0.29) is 24.1 Å². The lowest BCUT2D eigenvalue weighted by Crippen LogP contribution is -2.03. The first-order valence-electron chi connectivity index (χ1n) is 5.92. The molecule has 1 aromatic carbocycles. The van der Waals surface area contributed by atoms with E-state index in [9.17, 15) is 8.78 Å². The molecule has 0 bridgehead atoms. The van der Waals surface area contributed by atoms with Crippen LogP contribution in [0.3, 0.4) is 0 Å². The fourth-order valence-electron chi connectivity index (χ4n) is 1.46. The number of anilines is 1. The lowest BCUT2D eigenvalue weighted by molar-refractivity contribution is 0.128. The smallest absolute Gasteiger partial charge is 0.224 e. The molecule has 5 nitrogen and oxygen atoms in total. The van der Waals surface area contributed by atoms with Gasteiger partial charge in [0.15, 0.2) is 17.5 Å². The van der Waals surface area contributed by atoms with Crippen molar-refractivity contribution in [2.75, 3.05) is 12.3 Å². The van der Waals surface area contributed by atoms with Crippen LogP contribution < -0.4 is 10.5 Å². The van der Waals surface area contributed by atoms with E-state index in [2.05, 4.69) is 9.97 Å². The molecule has 106 valence electrons. The van der Waals surface area contributed by atoms with E-state index in [4.69, 9.17) is 15.2 Å². The third-order valence-corrected chi connectivity index (χ3v) is 2.32. The molecule has 0 saturated carbocycles. The molecule has 0 fully saturated rings. The highest BCUT2D eigenvalue weighted by Gasteiger charge is 2.08. The summed E-state index contributed by atoms with van der Waals surface area (Å²) in [5, 5.41) is 0. The van der Waals surface area contributed by atoms with Crippen LogP contribution in [0.15, 0.2) is 24.3 Å². The van der Waals surface area contributed by atoms with Crippen molar-refractivity contribution in [1.82, 2.24) is 9.97 Å². The summed E-state index contributed by atoms with van der Waals surface area (Å²) in [5.41, 5.74) is 5.62. The first kappa shape index (κ1) is 14.1. The maximum atomic E-state index is 13.1. The van der Waals surface area contributed by atoms with Gasteiger partial charge in [0.1, 0.15) is 18.2 Å². The van der Waals surface area contributed by atoms with Gasteiger partial charge in [0.2, 0.25) is 5.88 Å². The van der Waals surface area contributed by atoms with Gasteiger partial charge in [-0.05, 0) is 19.1 Å². The Kier molecular flexibility index (Phi) is 4.41. The molecular weight excluding hydrogens is 268 g/mol. The van der Waals surface area contributed by atoms with E-state index in [1.54, 1.807) is 0 Å². The molecule has 0 radical (unpaired) electrons. The number of benzene rings is 1. The van der Waals surface area contributed by atoms with Gasteiger partial charge in [0.05, 0.1) is 0 Å². The molecule has 7 heteroatoms. The second-order valence-corrected chi connectivity index (χ2v) is 3.86. The molecule has 0 unspecified atom stereocenters. The molecule has 0 saturated heterocycles. The Morgan fingerprint density at radius 2 is 1.95 bits per heavy atom. The number of nitrogens with two attached hydrogens (primary N) is 1. The molecule has 1 aromatic heterocycles. The second kappa shape index (κ2) is 6.25. The highest BCUT2D eigenvalue weighted by Crippen LogP contribution is 2.22. The maximum Gasteiger partial charge on any atom is 0.224 e. The molecule has 0 aliphatic heterocycles. The predicted octanol–water partition coefficient (Wildman–Crippen LogP) is 2.67. The first-order chi connectivity index (χ1) is 9.58. The number of aromatic nitrogens is 2. The highest BCUT2D eigenvalue weighted by atomic mass is 19.2. The predicted molar refractivity (Wildman–Crippen MR) is 68.2 cm³/mol. The Morgan fingerprint density at radius 3 is 2.65 bits per heavy atom. The van der Waals surface area contributed by atoms with Gasteiger partial charge in [-0.2, -0.15) is 4.98 Å². The average molecular weight is 281 g/mol. The molecule has 2 rings (SSSR count). The lowest BCUT2D eigenvalue weighted by atomic mass is 10.3. The van der Waals surface area contributed by atoms with Crippen LogP contribution in [0.1, 0.15) is 12.7 Å². The third-order valence-electron chi connectivity index (χ3n) is 2.32. The Bertz CT molecular complexity index is 608. The summed E-state index contributed by atoms with van der Waals surface area (Å²) in [5.74, 6) is -1.14. The summed E-state index contributed by atoms with van der Waals surface area (Å²) < 4.78 is 36.4. The Morgan fingerprint density at radius 1 is 1.15 bits per heavy atom. The lowest BCUT2D eigenvalue weighted by Gasteiger charge is -2.08. The van der Waals surface area contributed by atoms with Crippen molar-refractivity contribution in [1.29, 1.82) is 0 Å². The van der Waals surface area contributed by atoms with Crippen LogP contribution in [0.5, 0.6) is 11.6 Å². The number of hydrogen-bond donors (Lipinski definition) is 1. The minimum Gasteiger partial charge on any atom is -0.439 e. The molecule has 0 spiro atoms. The minimum atomic E-state index is -1.00. The summed E-state index contributed by atoms with van der Waals surface area (Å²) in [6.07, 6.45) is 0. The number of rotatable bonds is 5. The topological polar surface area (TPSA) is 70.3 Å². The summed E-state index contributed by atoms with van der Waals surface area (Å²) in [7, 11) is 0. The maximum absolute atomic E-state index is 13.1. The largest absolute Gasteiger partial charge is 0.439 e. The molecule has 0 atom stereocenters. The van der Waals surface area contributed by atoms with Crippen molar-refractivity contribution in [3.8, 4) is 11.6 Å². The van der Waals surface area contributed by atoms with Gasteiger partial charge < -0.3 is 15.2 Å². The summed E-state index contributed by atoms with van der Waals surface area (Å²) in [4.78, 5) is 8.04. The number of nitrogen functional groups attached to an aromatic ring is 1. The fraction of sp³-hybridized carbons (Fsp3) is 0.231. The number of halogens is 2. The van der Waals surface area contributed by atoms with Crippen molar-refractivity contribution in [2.45, 2.75) is 13.5 Å². The van der Waals surface area contributed by atoms with Crippen molar-refractivity contribution in [3.05, 3.63) is 41.7 Å². The summed E-state index contributed by atoms with van der Waals surface area (Å²) >= 11 is 0. The number of hydrogen-bond acceptors (Lipinski definition) is 5. The van der Waals surface area contributed by atoms with Crippen molar-refractivity contribution >= 4 is 5.82 Å². The Labute approximate surface area is 114 Å². The molecule has 1 heterocycles. The minimum absolute atomic E-state index is 0.115. The SMILES string of the molecule is CCOCc1nc(N)cc(Oc2ccc(F)c(F)c2)n1. The van der Waals surface area contributed by atoms with Crippen LogP contribution in [-0.4, -0.2) is 16.6 Å². The molecule has 0 aliphatic carbocycles. The van der Waals surface area contributed by atoms with Gasteiger partial charge in [-0.3, -0.25) is 0 Å². The average Bonchev–Trinajstić information content (AvgIpc) is 2.40. The van der Waals surface area contributed by atoms with Crippen LogP contribution in [0.2, 0.25) is 0 Å². The zero-order valence-electron chi connectivity index (χ0n) is 10.8. The Balaban J connectivity index is 2.19. The van der Waals surface area contributed by atoms with Crippen LogP contribution in [0, 0.1) is 11.6 Å². The highest BCUT2D eigenvalue weighted by molar-refractivity contribution is 5.36. The molecule has 2 aromatic rings. The van der Waals surface area contributed by atoms with Crippen LogP contribution in [0.25, 0.3) is 0 Å². The third kappa shape index (κ3) is 3.61. The van der Waals surface area contributed by atoms with Crippen molar-refractivity contribution in [2.24, 2.45) is 0 Å². The van der Waals surface area contributed by atoms with E-state index < -0.39 is 11.6 Å². The molecule has 0 amide bonds. The fourth-order valence-corrected chi connectivity index (χ4v) is 1.46. The van der Waals surface area contributed by atoms with E-state index >= 15 is 0 Å². The van der Waals surface area contributed by atoms with Crippen LogP contribution in [-0.2, 0) is 11.3 Å². The van der Waals surface area contributed by atoms with E-state index in [0.29, 0.717) is 12.4 Å². The number of ether oxygens (including phenoxy) is 2. The monoisotopic (exact) mass is 281 g/mol. The first-order valence-corrected chi connectivity index (χ1v) is 5.92. The molecule has 20 heavy (non-hydrogen) atoms. The second-order valence-electron chi connectivity index (χ2n) is 3.86. The van der Waals surface area contributed by atoms with E-state index in [1.807, 2.05) is 6.92 Å². The molecule has 0 aliphatic rings. The zero-order valence-corrected chi connectivity index (χ0v) is 10.8. The van der Waals surface area contributed by atoms with Crippen molar-refractivity contribution in [3.63, 3.8) is 0 Å². The van der Waals surface area contributed by atoms with Crippen molar-refractivity contribution < 1.29 is 18.3 Å². The van der Waals surface area contributed by atoms with Crippen LogP contribution in [0.4, 0.5) is 14.6 Å². The van der Waals surface area contributed by atoms with Crippen LogP contribution >= 0.6 is 0 Å². The summed E-state index contributed by atoms with van der Waals surface area (Å²) in [6, 6.07) is 4.57. The molecular formula is C13H13F2N3O2. The standard InChI is InChI=1S/C13H13F2N3O2/c1-2-19-7-12-17-11(16)6-13(18-12)20-8-3-4-9(14)10(15)5-8/h3-6H,2,7H2,1H3,(H2,16,17,18). The molecule has 2 N–H and O–H groups in total. The number of nitrogens with zero attached hydrogens (tertiary/aromatic N) is 2. The Hall–Kier alpha value is -2.28. The van der Waals surface area contributed by atoms with E-state index in [1.165, 1.54) is 12.1 Å².